The summed E-state index contributed by atoms with van der Waals surface area (Å²) >= 11 is 3.40. The smallest absolute Gasteiger partial charge is 0.407 e. The topological polar surface area (TPSA) is 56.8 Å². The van der Waals surface area contributed by atoms with Gasteiger partial charge in [0.2, 0.25) is 0 Å². The number of nitrogens with one attached hydrogen (secondary N) is 1. The van der Waals surface area contributed by atoms with Crippen molar-refractivity contribution >= 4 is 22.0 Å². The zero-order valence-electron chi connectivity index (χ0n) is 10.2. The van der Waals surface area contributed by atoms with Gasteiger partial charge in [-0.15, -0.1) is 0 Å². The van der Waals surface area contributed by atoms with Gasteiger partial charge in [-0.1, -0.05) is 0 Å². The molecular weight excluding hydrogens is 302 g/mol. The summed E-state index contributed by atoms with van der Waals surface area (Å²) in [7, 11) is 3.19. The molecule has 0 aromatic heterocycles. The molecule has 1 fully saturated rings. The monoisotopic (exact) mass is 315 g/mol. The van der Waals surface area contributed by atoms with Gasteiger partial charge in [-0.05, 0) is 28.1 Å². The number of carbonyl (C=O) groups excluding carboxylic acids is 1. The van der Waals surface area contributed by atoms with Crippen LogP contribution in [0.3, 0.4) is 0 Å². The maximum Gasteiger partial charge on any atom is 0.407 e. The Kier molecular flexibility index (Phi) is 3.96. The van der Waals surface area contributed by atoms with Gasteiger partial charge in [0.1, 0.15) is 11.5 Å². The Morgan fingerprint density at radius 1 is 1.33 bits per heavy atom. The molecule has 1 saturated heterocycles. The highest BCUT2D eigenvalue weighted by atomic mass is 79.9. The Labute approximate surface area is 114 Å². The van der Waals surface area contributed by atoms with E-state index in [1.165, 1.54) is 0 Å². The molecule has 1 heterocycles. The second-order valence-electron chi connectivity index (χ2n) is 3.85. The zero-order chi connectivity index (χ0) is 13.1. The van der Waals surface area contributed by atoms with Crippen LogP contribution in [0.15, 0.2) is 16.6 Å². The van der Waals surface area contributed by atoms with Gasteiger partial charge >= 0.3 is 6.09 Å². The minimum atomic E-state index is -0.407. The molecule has 5 nitrogen and oxygen atoms in total. The van der Waals surface area contributed by atoms with Crippen LogP contribution in [-0.4, -0.2) is 26.9 Å². The van der Waals surface area contributed by atoms with Crippen molar-refractivity contribution in [3.05, 3.63) is 22.2 Å². The van der Waals surface area contributed by atoms with E-state index in [1.54, 1.807) is 14.2 Å². The first-order valence-corrected chi connectivity index (χ1v) is 6.29. The van der Waals surface area contributed by atoms with Crippen molar-refractivity contribution < 1.29 is 19.0 Å². The minimum absolute atomic E-state index is 0.122. The maximum atomic E-state index is 11.3. The molecule has 0 spiro atoms. The van der Waals surface area contributed by atoms with Crippen LogP contribution < -0.4 is 14.8 Å². The average molecular weight is 316 g/mol. The fraction of sp³-hybridized carbons (Fsp3) is 0.417. The minimum Gasteiger partial charge on any atom is -0.496 e. The number of carbonyl (C=O) groups is 1. The highest BCUT2D eigenvalue weighted by Gasteiger charge is 2.24. The number of methoxy groups -OCH3 is 2. The molecule has 0 bridgehead atoms. The zero-order valence-corrected chi connectivity index (χ0v) is 11.7. The number of amides is 1. The van der Waals surface area contributed by atoms with Crippen LogP contribution in [0, 0.1) is 0 Å². The molecular formula is C12H14BrNO4. The highest BCUT2D eigenvalue weighted by molar-refractivity contribution is 9.10. The van der Waals surface area contributed by atoms with Gasteiger partial charge in [-0.3, -0.25) is 0 Å². The highest BCUT2D eigenvalue weighted by Crippen LogP contribution is 2.37. The lowest BCUT2D eigenvalue weighted by atomic mass is 10.0. The van der Waals surface area contributed by atoms with Crippen LogP contribution >= 0.6 is 15.9 Å². The lowest BCUT2D eigenvalue weighted by molar-refractivity contribution is 0.115. The number of rotatable bonds is 3. The predicted molar refractivity (Wildman–Crippen MR) is 69.1 cm³/mol. The number of hydrogen-bond donors (Lipinski definition) is 1. The molecule has 1 N–H and O–H groups in total. The average Bonchev–Trinajstić information content (AvgIpc) is 2.38. The lowest BCUT2D eigenvalue weighted by Gasteiger charge is -2.25. The maximum absolute atomic E-state index is 11.3. The number of ether oxygens (including phenoxy) is 3. The Morgan fingerprint density at radius 2 is 2.06 bits per heavy atom. The summed E-state index contributed by atoms with van der Waals surface area (Å²) < 4.78 is 16.3. The van der Waals surface area contributed by atoms with Gasteiger partial charge < -0.3 is 19.5 Å². The normalized spacial score (nSPS) is 18.8. The molecule has 1 atom stereocenters. The van der Waals surface area contributed by atoms with Crippen LogP contribution in [-0.2, 0) is 4.74 Å². The van der Waals surface area contributed by atoms with Gasteiger partial charge in [-0.25, -0.2) is 4.79 Å². The number of benzene rings is 1. The third-order valence-electron chi connectivity index (χ3n) is 2.81. The van der Waals surface area contributed by atoms with Crippen LogP contribution in [0.5, 0.6) is 11.5 Å². The van der Waals surface area contributed by atoms with Crippen molar-refractivity contribution in [3.63, 3.8) is 0 Å². The molecule has 2 rings (SSSR count). The first-order valence-electron chi connectivity index (χ1n) is 5.50. The van der Waals surface area contributed by atoms with E-state index in [-0.39, 0.29) is 6.04 Å². The van der Waals surface area contributed by atoms with Gasteiger partial charge in [0.15, 0.2) is 0 Å². The molecule has 0 aliphatic carbocycles. The number of alkyl carbamates (subject to hydrolysis) is 1. The van der Waals surface area contributed by atoms with E-state index in [2.05, 4.69) is 21.2 Å². The molecule has 1 aromatic carbocycles. The standard InChI is InChI=1S/C12H14BrNO4/c1-16-10-6-8(13)11(17-2)5-7(10)9-3-4-18-12(15)14-9/h5-6,9H,3-4H2,1-2H3,(H,14,15)/t9-/m0/s1. The van der Waals surface area contributed by atoms with E-state index in [4.69, 9.17) is 14.2 Å². The van der Waals surface area contributed by atoms with Gasteiger partial charge in [0.05, 0.1) is 31.3 Å². The quantitative estimate of drug-likeness (QED) is 0.931. The number of halogens is 1. The molecule has 0 unspecified atom stereocenters. The molecule has 1 aliphatic rings. The number of cyclic esters (lactones) is 1. The summed E-state index contributed by atoms with van der Waals surface area (Å²) in [4.78, 5) is 11.3. The largest absolute Gasteiger partial charge is 0.496 e. The number of hydrogen-bond acceptors (Lipinski definition) is 4. The molecule has 0 saturated carbocycles. The molecule has 1 amide bonds. The van der Waals surface area contributed by atoms with E-state index >= 15 is 0 Å². The van der Waals surface area contributed by atoms with Crippen molar-refractivity contribution in [1.82, 2.24) is 5.32 Å². The Balaban J connectivity index is 2.38. The summed E-state index contributed by atoms with van der Waals surface area (Å²) in [5.41, 5.74) is 0.884. The SMILES string of the molecule is COc1cc([C@@H]2CCOC(=O)N2)c(OC)cc1Br. The van der Waals surface area contributed by atoms with E-state index in [0.29, 0.717) is 24.5 Å². The fourth-order valence-corrected chi connectivity index (χ4v) is 2.40. The van der Waals surface area contributed by atoms with Crippen molar-refractivity contribution in [2.24, 2.45) is 0 Å². The van der Waals surface area contributed by atoms with E-state index in [9.17, 15) is 4.79 Å². The second-order valence-corrected chi connectivity index (χ2v) is 4.70. The van der Waals surface area contributed by atoms with Crippen molar-refractivity contribution in [1.29, 1.82) is 0 Å². The Morgan fingerprint density at radius 3 is 2.67 bits per heavy atom. The van der Waals surface area contributed by atoms with E-state index < -0.39 is 6.09 Å². The van der Waals surface area contributed by atoms with Crippen molar-refractivity contribution in [3.8, 4) is 11.5 Å². The molecule has 1 aromatic rings. The van der Waals surface area contributed by atoms with Gasteiger partial charge in [0.25, 0.3) is 0 Å². The summed E-state index contributed by atoms with van der Waals surface area (Å²) in [5, 5.41) is 2.77. The summed E-state index contributed by atoms with van der Waals surface area (Å²) in [6.07, 6.45) is 0.294. The molecule has 98 valence electrons. The first-order chi connectivity index (χ1) is 8.65. The van der Waals surface area contributed by atoms with Gasteiger partial charge in [0, 0.05) is 12.0 Å². The Bertz CT molecular complexity index is 464. The van der Waals surface area contributed by atoms with Crippen molar-refractivity contribution in [2.45, 2.75) is 12.5 Å². The van der Waals surface area contributed by atoms with Crippen LogP contribution in [0.1, 0.15) is 18.0 Å². The predicted octanol–water partition coefficient (Wildman–Crippen LogP) is 2.64. The molecule has 6 heteroatoms. The third kappa shape index (κ3) is 2.53. The summed E-state index contributed by atoms with van der Waals surface area (Å²) in [6, 6.07) is 3.57. The first kappa shape index (κ1) is 13.0. The van der Waals surface area contributed by atoms with Crippen LogP contribution in [0.25, 0.3) is 0 Å². The van der Waals surface area contributed by atoms with E-state index in [1.807, 2.05) is 12.1 Å². The van der Waals surface area contributed by atoms with Crippen LogP contribution in [0.4, 0.5) is 4.79 Å². The van der Waals surface area contributed by atoms with Crippen molar-refractivity contribution in [2.75, 3.05) is 20.8 Å². The van der Waals surface area contributed by atoms with Gasteiger partial charge in [-0.2, -0.15) is 0 Å². The Hall–Kier alpha value is -1.43. The fourth-order valence-electron chi connectivity index (χ4n) is 1.92. The lowest BCUT2D eigenvalue weighted by Crippen LogP contribution is -2.35. The van der Waals surface area contributed by atoms with Crippen LogP contribution in [0.2, 0.25) is 0 Å². The molecule has 18 heavy (non-hydrogen) atoms. The summed E-state index contributed by atoms with van der Waals surface area (Å²) in [6.45, 7) is 0.401. The third-order valence-corrected chi connectivity index (χ3v) is 3.43. The van der Waals surface area contributed by atoms with E-state index in [0.717, 1.165) is 10.0 Å². The molecule has 0 radical (unpaired) electrons. The molecule has 1 aliphatic heterocycles. The summed E-state index contributed by atoms with van der Waals surface area (Å²) in [5.74, 6) is 1.40. The second kappa shape index (κ2) is 5.48.